The van der Waals surface area contributed by atoms with Gasteiger partial charge < -0.3 is 26.2 Å². The monoisotopic (exact) mass is 577 g/mol. The molecule has 0 saturated heterocycles. The second-order valence-corrected chi connectivity index (χ2v) is 9.74. The van der Waals surface area contributed by atoms with E-state index < -0.39 is 47.6 Å². The molecule has 3 amide bonds. The number of rotatable bonds is 12. The highest BCUT2D eigenvalue weighted by molar-refractivity contribution is 6.31. The number of halogens is 3. The lowest BCUT2D eigenvalue weighted by Gasteiger charge is -2.28. The molecule has 40 heavy (non-hydrogen) atoms. The summed E-state index contributed by atoms with van der Waals surface area (Å²) in [7, 11) is 0. The van der Waals surface area contributed by atoms with Gasteiger partial charge in [-0.05, 0) is 54.1 Å². The summed E-state index contributed by atoms with van der Waals surface area (Å²) < 4.78 is 32.6. The van der Waals surface area contributed by atoms with E-state index in [4.69, 9.17) is 27.2 Å². The first-order valence-electron chi connectivity index (χ1n) is 12.4. The number of carbonyl (C=O) groups excluding carboxylic acids is 3. The maximum Gasteiger partial charge on any atom is 0.412 e. The van der Waals surface area contributed by atoms with Gasteiger partial charge in [0.15, 0.2) is 0 Å². The number of nitrogens with two attached hydrogens (primary N) is 1. The largest absolute Gasteiger partial charge is 0.449 e. The Bertz CT molecular complexity index is 1380. The molecule has 6 N–H and O–H groups in total. The van der Waals surface area contributed by atoms with E-state index in [1.807, 2.05) is 0 Å². The van der Waals surface area contributed by atoms with Gasteiger partial charge in [-0.2, -0.15) is 0 Å². The van der Waals surface area contributed by atoms with E-state index in [1.54, 1.807) is 19.1 Å². The number of carbonyl (C=O) groups is 3. The van der Waals surface area contributed by atoms with E-state index >= 15 is 0 Å². The van der Waals surface area contributed by atoms with Gasteiger partial charge in [-0.15, -0.1) is 0 Å². The molecule has 1 unspecified atom stereocenters. The SMILES string of the molecule is CC(CCNC(=O)[C@@H](N)CO)(CCOC(=O)Nc1cc2cc(F)ccc2cn1)C(=O)NCc1cccc(F)c1Cl. The number of anilines is 1. The number of benzene rings is 2. The molecule has 2 aromatic carbocycles. The molecule has 3 aromatic rings. The maximum absolute atomic E-state index is 13.8. The summed E-state index contributed by atoms with van der Waals surface area (Å²) in [6.07, 6.45) is 0.831. The molecular weight excluding hydrogens is 548 g/mol. The molecule has 0 radical (unpaired) electrons. The molecule has 1 aromatic heterocycles. The molecule has 0 spiro atoms. The van der Waals surface area contributed by atoms with Crippen molar-refractivity contribution in [3.05, 3.63) is 70.9 Å². The highest BCUT2D eigenvalue weighted by Gasteiger charge is 2.33. The van der Waals surface area contributed by atoms with E-state index in [1.165, 1.54) is 36.5 Å². The molecule has 1 heterocycles. The summed E-state index contributed by atoms with van der Waals surface area (Å²) >= 11 is 5.98. The van der Waals surface area contributed by atoms with Gasteiger partial charge in [-0.1, -0.05) is 30.7 Å². The zero-order chi connectivity index (χ0) is 29.3. The first-order chi connectivity index (χ1) is 19.0. The fourth-order valence-corrected chi connectivity index (χ4v) is 3.98. The molecule has 0 aliphatic rings. The van der Waals surface area contributed by atoms with Crippen molar-refractivity contribution in [3.63, 3.8) is 0 Å². The Balaban J connectivity index is 1.62. The third-order valence-corrected chi connectivity index (χ3v) is 6.75. The average Bonchev–Trinajstić information content (AvgIpc) is 2.92. The number of nitrogens with one attached hydrogen (secondary N) is 3. The molecule has 0 fully saturated rings. The molecule has 10 nitrogen and oxygen atoms in total. The Hall–Kier alpha value is -3.87. The minimum atomic E-state index is -1.14. The molecular formula is C27H30ClF2N5O5. The van der Waals surface area contributed by atoms with Crippen LogP contribution in [0.3, 0.4) is 0 Å². The third-order valence-electron chi connectivity index (χ3n) is 6.33. The van der Waals surface area contributed by atoms with Crippen molar-refractivity contribution in [1.82, 2.24) is 15.6 Å². The van der Waals surface area contributed by atoms with E-state index in [9.17, 15) is 23.2 Å². The Morgan fingerprint density at radius 1 is 1.12 bits per heavy atom. The first-order valence-corrected chi connectivity index (χ1v) is 12.7. The summed E-state index contributed by atoms with van der Waals surface area (Å²) in [4.78, 5) is 41.6. The molecule has 0 aliphatic heterocycles. The second-order valence-electron chi connectivity index (χ2n) is 9.36. The maximum atomic E-state index is 13.8. The smallest absolute Gasteiger partial charge is 0.412 e. The van der Waals surface area contributed by atoms with Gasteiger partial charge in [-0.3, -0.25) is 14.9 Å². The van der Waals surface area contributed by atoms with E-state index in [0.717, 1.165) is 0 Å². The van der Waals surface area contributed by atoms with Crippen molar-refractivity contribution in [3.8, 4) is 0 Å². The Kier molecular flexibility index (Phi) is 10.7. The number of fused-ring (bicyclic) bond motifs is 1. The number of aliphatic hydroxyl groups is 1. The second kappa shape index (κ2) is 14.0. The van der Waals surface area contributed by atoms with Crippen molar-refractivity contribution in [2.75, 3.05) is 25.1 Å². The predicted molar refractivity (Wildman–Crippen MR) is 145 cm³/mol. The lowest BCUT2D eigenvalue weighted by Crippen LogP contribution is -2.46. The van der Waals surface area contributed by atoms with Gasteiger partial charge in [0.25, 0.3) is 0 Å². The van der Waals surface area contributed by atoms with Gasteiger partial charge in [0.05, 0.1) is 23.7 Å². The van der Waals surface area contributed by atoms with Crippen molar-refractivity contribution >= 4 is 46.1 Å². The van der Waals surface area contributed by atoms with Crippen molar-refractivity contribution in [2.45, 2.75) is 32.4 Å². The Morgan fingerprint density at radius 3 is 2.65 bits per heavy atom. The molecule has 2 atom stereocenters. The fourth-order valence-electron chi connectivity index (χ4n) is 3.79. The summed E-state index contributed by atoms with van der Waals surface area (Å²) in [5, 5.41) is 17.9. The molecule has 3 rings (SSSR count). The van der Waals surface area contributed by atoms with E-state index in [0.29, 0.717) is 16.3 Å². The standard InChI is InChI=1S/C27H30ClF2N5O5/c1-27(7-9-32-24(37)21(31)15-36,25(38)34-14-17-3-2-4-20(30)23(17)28)8-10-40-26(39)35-22-12-18-11-19(29)6-5-16(18)13-33-22/h2-6,11-13,21,36H,7-10,14-15,31H2,1H3,(H,32,37)(H,34,38)(H,33,35,39)/t21-,27?/m0/s1. The Morgan fingerprint density at radius 2 is 1.90 bits per heavy atom. The van der Waals surface area contributed by atoms with Gasteiger partial charge in [0.2, 0.25) is 11.8 Å². The van der Waals surface area contributed by atoms with Crippen LogP contribution in [0.15, 0.2) is 48.7 Å². The summed E-state index contributed by atoms with van der Waals surface area (Å²) in [5.74, 6) is -1.94. The molecule has 13 heteroatoms. The number of aromatic nitrogens is 1. The third kappa shape index (κ3) is 8.31. The number of amides is 3. The molecule has 0 aliphatic carbocycles. The minimum absolute atomic E-state index is 0.0426. The summed E-state index contributed by atoms with van der Waals surface area (Å²) in [6.45, 7) is 0.891. The van der Waals surface area contributed by atoms with Crippen LogP contribution in [0.4, 0.5) is 19.4 Å². The van der Waals surface area contributed by atoms with E-state index in [-0.39, 0.29) is 43.4 Å². The van der Waals surface area contributed by atoms with Gasteiger partial charge in [0.1, 0.15) is 23.5 Å². The minimum Gasteiger partial charge on any atom is -0.449 e. The van der Waals surface area contributed by atoms with Crippen molar-refractivity contribution in [2.24, 2.45) is 11.1 Å². The lowest BCUT2D eigenvalue weighted by atomic mass is 9.82. The summed E-state index contributed by atoms with van der Waals surface area (Å²) in [5.41, 5.74) is 4.74. The van der Waals surface area contributed by atoms with Crippen LogP contribution in [0.1, 0.15) is 25.3 Å². The van der Waals surface area contributed by atoms with Crippen LogP contribution in [-0.4, -0.2) is 53.8 Å². The van der Waals surface area contributed by atoms with Crippen LogP contribution in [0.5, 0.6) is 0 Å². The highest BCUT2D eigenvalue weighted by atomic mass is 35.5. The topological polar surface area (TPSA) is 156 Å². The quantitative estimate of drug-likeness (QED) is 0.221. The van der Waals surface area contributed by atoms with Gasteiger partial charge >= 0.3 is 6.09 Å². The van der Waals surface area contributed by atoms with Crippen molar-refractivity contribution in [1.29, 1.82) is 0 Å². The zero-order valence-corrected chi connectivity index (χ0v) is 22.4. The fraction of sp³-hybridized carbons (Fsp3) is 0.333. The average molecular weight is 578 g/mol. The zero-order valence-electron chi connectivity index (χ0n) is 21.7. The number of hydrogen-bond donors (Lipinski definition) is 5. The number of nitrogens with zero attached hydrogens (tertiary/aromatic N) is 1. The summed E-state index contributed by atoms with van der Waals surface area (Å²) in [6, 6.07) is 8.80. The van der Waals surface area contributed by atoms with Crippen LogP contribution in [0.2, 0.25) is 5.02 Å². The number of ether oxygens (including phenoxy) is 1. The number of hydrogen-bond acceptors (Lipinski definition) is 7. The lowest BCUT2D eigenvalue weighted by molar-refractivity contribution is -0.132. The van der Waals surface area contributed by atoms with E-state index in [2.05, 4.69) is 20.9 Å². The van der Waals surface area contributed by atoms with Crippen LogP contribution < -0.4 is 21.7 Å². The van der Waals surface area contributed by atoms with Crippen LogP contribution >= 0.6 is 11.6 Å². The van der Waals surface area contributed by atoms with Crippen molar-refractivity contribution < 1.29 is 33.0 Å². The molecule has 0 saturated carbocycles. The number of aliphatic hydroxyl groups excluding tert-OH is 1. The highest BCUT2D eigenvalue weighted by Crippen LogP contribution is 2.27. The van der Waals surface area contributed by atoms with Gasteiger partial charge in [0, 0.05) is 24.7 Å². The predicted octanol–water partition coefficient (Wildman–Crippen LogP) is 3.25. The van der Waals surface area contributed by atoms with Crippen LogP contribution in [-0.2, 0) is 20.9 Å². The Labute approximate surface area is 234 Å². The van der Waals surface area contributed by atoms with Gasteiger partial charge in [-0.25, -0.2) is 18.6 Å². The molecule has 0 bridgehead atoms. The number of pyridine rings is 1. The first kappa shape index (κ1) is 30.7. The van der Waals surface area contributed by atoms with Crippen LogP contribution in [0.25, 0.3) is 10.8 Å². The van der Waals surface area contributed by atoms with Crippen LogP contribution in [0, 0.1) is 17.0 Å². The molecule has 214 valence electrons. The normalized spacial score (nSPS) is 13.2.